The van der Waals surface area contributed by atoms with E-state index >= 15 is 0 Å². The van der Waals surface area contributed by atoms with E-state index in [9.17, 15) is 46.2 Å². The predicted octanol–water partition coefficient (Wildman–Crippen LogP) is 6.10. The van der Waals surface area contributed by atoms with Gasteiger partial charge in [0.15, 0.2) is 0 Å². The molecule has 16 nitrogen and oxygen atoms in total. The van der Waals surface area contributed by atoms with Crippen LogP contribution in [0.1, 0.15) is 43.8 Å². The van der Waals surface area contributed by atoms with Gasteiger partial charge in [0.25, 0.3) is 11.5 Å². The Labute approximate surface area is 351 Å². The number of benzene rings is 4. The van der Waals surface area contributed by atoms with E-state index in [1.807, 2.05) is 0 Å². The minimum atomic E-state index is -3.96. The minimum absolute atomic E-state index is 0.0351. The molecule has 0 aliphatic carbocycles. The van der Waals surface area contributed by atoms with Crippen LogP contribution in [0.3, 0.4) is 0 Å². The van der Waals surface area contributed by atoms with Crippen LogP contribution in [0.5, 0.6) is 11.5 Å². The molecule has 6 aromatic rings. The maximum atomic E-state index is 12.4. The van der Waals surface area contributed by atoms with E-state index in [-0.39, 0.29) is 44.6 Å². The number of hydrogen-bond donors (Lipinski definition) is 4. The van der Waals surface area contributed by atoms with Crippen molar-refractivity contribution < 1.29 is 54.9 Å². The Morgan fingerprint density at radius 3 is 1.25 bits per heavy atom. The number of ether oxygens (including phenoxy) is 2. The van der Waals surface area contributed by atoms with Gasteiger partial charge in [0, 0.05) is 22.2 Å². The third-order valence-electron chi connectivity index (χ3n) is 7.84. The lowest BCUT2D eigenvalue weighted by atomic mass is 10.2. The van der Waals surface area contributed by atoms with E-state index in [1.165, 1.54) is 48.5 Å². The highest BCUT2D eigenvalue weighted by atomic mass is 35.5. The predicted molar refractivity (Wildman–Crippen MR) is 216 cm³/mol. The fourth-order valence-corrected chi connectivity index (χ4v) is 7.60. The first-order valence-corrected chi connectivity index (χ1v) is 20.9. The van der Waals surface area contributed by atoms with Crippen molar-refractivity contribution in [1.29, 1.82) is 0 Å². The van der Waals surface area contributed by atoms with Crippen LogP contribution in [0.25, 0.3) is 0 Å². The van der Waals surface area contributed by atoms with Gasteiger partial charge < -0.3 is 28.5 Å². The number of sulfonamides is 2. The van der Waals surface area contributed by atoms with Crippen molar-refractivity contribution in [3.63, 3.8) is 0 Å². The van der Waals surface area contributed by atoms with Crippen LogP contribution >= 0.6 is 23.2 Å². The summed E-state index contributed by atoms with van der Waals surface area (Å²) in [6.45, 7) is -0.952. The van der Waals surface area contributed by atoms with Gasteiger partial charge >= 0.3 is 11.9 Å². The monoisotopic (exact) mass is 898 g/mol. The maximum Gasteiger partial charge on any atom is 0.375 e. The first-order valence-electron chi connectivity index (χ1n) is 17.2. The molecule has 0 saturated carbocycles. The van der Waals surface area contributed by atoms with E-state index in [1.54, 1.807) is 60.7 Å². The van der Waals surface area contributed by atoms with Crippen LogP contribution in [0.4, 0.5) is 0 Å². The van der Waals surface area contributed by atoms with Crippen molar-refractivity contribution in [2.75, 3.05) is 0 Å². The van der Waals surface area contributed by atoms with Gasteiger partial charge in [-0.15, -0.1) is 0 Å². The number of nitrogens with one attached hydrogen (secondary N) is 2. The Morgan fingerprint density at radius 2 is 0.917 bits per heavy atom. The summed E-state index contributed by atoms with van der Waals surface area (Å²) >= 11 is 11.6. The average Bonchev–Trinajstić information content (AvgIpc) is 3.22. The van der Waals surface area contributed by atoms with Gasteiger partial charge in [0.05, 0.1) is 22.9 Å². The molecule has 0 bridgehead atoms. The second kappa shape index (κ2) is 20.1. The van der Waals surface area contributed by atoms with Gasteiger partial charge in [0.2, 0.25) is 42.4 Å². The standard InChI is InChI=1S/2C20H16ClNO7S/c2*21-14-7-4-8-16(9-14)30(26,27)22-11-15-10-17(23)18(19(29-15)20(24)25)28-12-13-5-2-1-3-6-13/h2*1-10,22H,11-12H2,(H,24,25). The normalized spacial score (nSPS) is 11.2. The number of rotatable bonds is 16. The van der Waals surface area contributed by atoms with Crippen LogP contribution in [0.15, 0.2) is 150 Å². The summed E-state index contributed by atoms with van der Waals surface area (Å²) in [6.07, 6.45) is 0. The summed E-state index contributed by atoms with van der Waals surface area (Å²) in [5, 5.41) is 19.2. The smallest absolute Gasteiger partial charge is 0.375 e. The average molecular weight is 900 g/mol. The summed E-state index contributed by atoms with van der Waals surface area (Å²) in [6, 6.07) is 30.8. The van der Waals surface area contributed by atoms with Crippen molar-refractivity contribution >= 4 is 55.2 Å². The molecule has 0 unspecified atom stereocenters. The zero-order chi connectivity index (χ0) is 43.5. The highest BCUT2D eigenvalue weighted by Gasteiger charge is 2.24. The Kier molecular flexibility index (Phi) is 15.0. The van der Waals surface area contributed by atoms with Gasteiger partial charge in [-0.05, 0) is 47.5 Å². The number of halogens is 2. The lowest BCUT2D eigenvalue weighted by Gasteiger charge is -2.10. The molecule has 60 heavy (non-hydrogen) atoms. The zero-order valence-corrected chi connectivity index (χ0v) is 33.9. The van der Waals surface area contributed by atoms with Crippen LogP contribution < -0.4 is 29.8 Å². The van der Waals surface area contributed by atoms with E-state index in [2.05, 4.69) is 9.44 Å². The summed E-state index contributed by atoms with van der Waals surface area (Å²) in [5.74, 6) is -5.76. The number of hydrogen-bond acceptors (Lipinski definition) is 12. The Bertz CT molecular complexity index is 2640. The number of carboxylic acid groups (broad SMARTS) is 2. The van der Waals surface area contributed by atoms with E-state index in [0.717, 1.165) is 23.3 Å². The molecule has 0 aliphatic heterocycles. The molecule has 4 aromatic carbocycles. The molecule has 0 aliphatic rings. The first-order chi connectivity index (χ1) is 28.5. The lowest BCUT2D eigenvalue weighted by molar-refractivity contribution is 0.0637. The minimum Gasteiger partial charge on any atom is -0.481 e. The van der Waals surface area contributed by atoms with E-state index in [4.69, 9.17) is 41.5 Å². The van der Waals surface area contributed by atoms with Gasteiger partial charge in [-0.3, -0.25) is 9.59 Å². The zero-order valence-electron chi connectivity index (χ0n) is 30.7. The van der Waals surface area contributed by atoms with Gasteiger partial charge in [0.1, 0.15) is 24.7 Å². The molecule has 4 N–H and O–H groups in total. The first kappa shape index (κ1) is 44.8. The molecule has 0 amide bonds. The maximum absolute atomic E-state index is 12.4. The topological polar surface area (TPSA) is 246 Å². The fourth-order valence-electron chi connectivity index (χ4n) is 5.02. The molecular weight excluding hydrogens is 867 g/mol. The van der Waals surface area contributed by atoms with E-state index < -0.39 is 79.0 Å². The second-order valence-corrected chi connectivity index (χ2v) is 16.6. The quantitative estimate of drug-likeness (QED) is 0.0858. The van der Waals surface area contributed by atoms with Crippen molar-refractivity contribution in [2.24, 2.45) is 0 Å². The SMILES string of the molecule is O=C(O)c1oc(CNS(=O)(=O)c2cccc(Cl)c2)cc(=O)c1OCc1ccccc1.O=C(O)c1oc(CNS(=O)(=O)c2cccc(Cl)c2)cc(=O)c1OCc1ccccc1. The summed E-state index contributed by atoms with van der Waals surface area (Å²) in [4.78, 5) is 47.7. The summed E-state index contributed by atoms with van der Waals surface area (Å²) < 4.78 is 75.1. The second-order valence-electron chi connectivity index (χ2n) is 12.2. The third-order valence-corrected chi connectivity index (χ3v) is 11.1. The van der Waals surface area contributed by atoms with Gasteiger partial charge in [-0.25, -0.2) is 35.9 Å². The Morgan fingerprint density at radius 1 is 0.550 bits per heavy atom. The Hall–Kier alpha value is -6.28. The summed E-state index contributed by atoms with van der Waals surface area (Å²) in [5.41, 5.74) is -0.0312. The molecule has 6 rings (SSSR count). The summed E-state index contributed by atoms with van der Waals surface area (Å²) in [7, 11) is -7.92. The molecule has 20 heteroatoms. The molecule has 2 heterocycles. The van der Waals surface area contributed by atoms with E-state index in [0.29, 0.717) is 0 Å². The highest BCUT2D eigenvalue weighted by Crippen LogP contribution is 2.21. The van der Waals surface area contributed by atoms with Crippen molar-refractivity contribution in [2.45, 2.75) is 36.1 Å². The number of aromatic carboxylic acids is 2. The number of carbonyl (C=O) groups is 2. The van der Waals surface area contributed by atoms with Crippen LogP contribution in [0.2, 0.25) is 10.0 Å². The molecule has 0 saturated heterocycles. The Balaban J connectivity index is 0.000000228. The molecule has 0 atom stereocenters. The largest absolute Gasteiger partial charge is 0.481 e. The van der Waals surface area contributed by atoms with Crippen LogP contribution in [-0.4, -0.2) is 39.0 Å². The molecular formula is C40H32Cl2N2O14S2. The highest BCUT2D eigenvalue weighted by molar-refractivity contribution is 7.89. The van der Waals surface area contributed by atoms with Gasteiger partial charge in [-0.1, -0.05) is 96.0 Å². The molecule has 0 spiro atoms. The number of carboxylic acids is 2. The van der Waals surface area contributed by atoms with Crippen molar-refractivity contribution in [3.8, 4) is 11.5 Å². The molecule has 2 aromatic heterocycles. The molecule has 0 fully saturated rings. The van der Waals surface area contributed by atoms with Crippen LogP contribution in [-0.2, 0) is 46.3 Å². The fraction of sp³-hybridized carbons (Fsp3) is 0.100. The molecule has 312 valence electrons. The third kappa shape index (κ3) is 12.4. The van der Waals surface area contributed by atoms with Crippen molar-refractivity contribution in [3.05, 3.63) is 186 Å². The lowest BCUT2D eigenvalue weighted by Crippen LogP contribution is -2.24. The molecule has 0 radical (unpaired) electrons. The van der Waals surface area contributed by atoms with Crippen molar-refractivity contribution in [1.82, 2.24) is 9.44 Å². The van der Waals surface area contributed by atoms with Gasteiger partial charge in [-0.2, -0.15) is 0 Å². The van der Waals surface area contributed by atoms with Crippen LogP contribution in [0, 0.1) is 0 Å².